The predicted octanol–water partition coefficient (Wildman–Crippen LogP) is 0.431. The van der Waals surface area contributed by atoms with Gasteiger partial charge >= 0.3 is 0 Å². The molecule has 0 spiro atoms. The molecule has 4 nitrogen and oxygen atoms in total. The van der Waals surface area contributed by atoms with E-state index in [2.05, 4.69) is 22.0 Å². The van der Waals surface area contributed by atoms with E-state index in [-0.39, 0.29) is 0 Å². The minimum absolute atomic E-state index is 0.549. The Bertz CT molecular complexity index is 205. The Hall–Kier alpha value is -0.770. The van der Waals surface area contributed by atoms with Gasteiger partial charge in [0.1, 0.15) is 5.84 Å². The van der Waals surface area contributed by atoms with Crippen LogP contribution in [0.1, 0.15) is 12.8 Å². The zero-order chi connectivity index (χ0) is 9.26. The van der Waals surface area contributed by atoms with Crippen LogP contribution >= 0.6 is 0 Å². The normalized spacial score (nSPS) is 26.5. The quantitative estimate of drug-likeness (QED) is 0.277. The molecule has 0 aromatic rings. The van der Waals surface area contributed by atoms with Crippen molar-refractivity contribution >= 4 is 5.84 Å². The monoisotopic (exact) mass is 183 g/mol. The fourth-order valence-corrected chi connectivity index (χ4v) is 1.78. The van der Waals surface area contributed by atoms with Crippen LogP contribution in [-0.2, 0) is 0 Å². The number of oxime groups is 1. The molecule has 1 saturated heterocycles. The first kappa shape index (κ1) is 8.81. The van der Waals surface area contributed by atoms with Crippen molar-refractivity contribution in [2.75, 3.05) is 33.2 Å². The molecule has 1 aliphatic heterocycles. The predicted molar refractivity (Wildman–Crippen MR) is 51.0 cm³/mol. The molecule has 1 N–H and O–H groups in total. The summed E-state index contributed by atoms with van der Waals surface area (Å²) in [6.45, 7) is 4.16. The Morgan fingerprint density at radius 3 is 2.31 bits per heavy atom. The van der Waals surface area contributed by atoms with Gasteiger partial charge in [0.2, 0.25) is 0 Å². The van der Waals surface area contributed by atoms with Crippen LogP contribution in [0.15, 0.2) is 5.16 Å². The summed E-state index contributed by atoms with van der Waals surface area (Å²) in [4.78, 5) is 4.52. The Labute approximate surface area is 78.8 Å². The number of likely N-dealkylation sites (N-methyl/N-ethyl adjacent to an activating group) is 1. The first-order chi connectivity index (χ1) is 6.31. The van der Waals surface area contributed by atoms with E-state index in [1.807, 2.05) is 0 Å². The van der Waals surface area contributed by atoms with Crippen LogP contribution in [0.2, 0.25) is 0 Å². The summed E-state index contributed by atoms with van der Waals surface area (Å²) in [6, 6.07) is 0. The van der Waals surface area contributed by atoms with Gasteiger partial charge in [0, 0.05) is 32.1 Å². The third-order valence-corrected chi connectivity index (χ3v) is 2.87. The van der Waals surface area contributed by atoms with Gasteiger partial charge in [-0.1, -0.05) is 5.16 Å². The van der Waals surface area contributed by atoms with Crippen molar-refractivity contribution in [3.63, 3.8) is 0 Å². The molecule has 2 fully saturated rings. The molecule has 1 aliphatic carbocycles. The molecule has 0 aromatic heterocycles. The summed E-state index contributed by atoms with van der Waals surface area (Å²) in [6.07, 6.45) is 2.40. The SMILES string of the molecule is CN1CCN(C(=NO)C2CC2)CC1. The number of amidine groups is 1. The lowest BCUT2D eigenvalue weighted by atomic mass is 10.2. The summed E-state index contributed by atoms with van der Waals surface area (Å²) in [5.74, 6) is 1.47. The van der Waals surface area contributed by atoms with Crippen molar-refractivity contribution in [1.82, 2.24) is 9.80 Å². The molecule has 4 heteroatoms. The van der Waals surface area contributed by atoms with Crippen LogP contribution in [-0.4, -0.2) is 54.1 Å². The Morgan fingerprint density at radius 2 is 1.85 bits per heavy atom. The van der Waals surface area contributed by atoms with Gasteiger partial charge in [-0.05, 0) is 19.9 Å². The number of rotatable bonds is 1. The molecule has 2 aliphatic rings. The highest BCUT2D eigenvalue weighted by Gasteiger charge is 2.32. The topological polar surface area (TPSA) is 39.1 Å². The summed E-state index contributed by atoms with van der Waals surface area (Å²) < 4.78 is 0. The number of hydrogen-bond donors (Lipinski definition) is 1. The highest BCUT2D eigenvalue weighted by molar-refractivity contribution is 5.86. The third-order valence-electron chi connectivity index (χ3n) is 2.87. The average molecular weight is 183 g/mol. The lowest BCUT2D eigenvalue weighted by Crippen LogP contribution is -2.47. The van der Waals surface area contributed by atoms with Gasteiger partial charge in [0.25, 0.3) is 0 Å². The molecule has 0 bridgehead atoms. The van der Waals surface area contributed by atoms with Crippen LogP contribution in [0.25, 0.3) is 0 Å². The molecule has 0 atom stereocenters. The van der Waals surface area contributed by atoms with Gasteiger partial charge in [-0.2, -0.15) is 0 Å². The molecule has 0 amide bonds. The van der Waals surface area contributed by atoms with Crippen molar-refractivity contribution in [2.45, 2.75) is 12.8 Å². The second kappa shape index (κ2) is 3.54. The zero-order valence-electron chi connectivity index (χ0n) is 8.11. The van der Waals surface area contributed by atoms with Crippen LogP contribution in [0.3, 0.4) is 0 Å². The van der Waals surface area contributed by atoms with E-state index in [1.165, 1.54) is 12.8 Å². The molecule has 0 radical (unpaired) electrons. The molecular weight excluding hydrogens is 166 g/mol. The van der Waals surface area contributed by atoms with E-state index in [4.69, 9.17) is 5.21 Å². The zero-order valence-corrected chi connectivity index (χ0v) is 8.11. The van der Waals surface area contributed by atoms with E-state index in [0.29, 0.717) is 5.92 Å². The van der Waals surface area contributed by atoms with Crippen LogP contribution in [0.5, 0.6) is 0 Å². The van der Waals surface area contributed by atoms with E-state index < -0.39 is 0 Å². The Morgan fingerprint density at radius 1 is 1.23 bits per heavy atom. The van der Waals surface area contributed by atoms with Crippen molar-refractivity contribution < 1.29 is 5.21 Å². The van der Waals surface area contributed by atoms with E-state index in [1.54, 1.807) is 0 Å². The first-order valence-electron chi connectivity index (χ1n) is 4.96. The lowest BCUT2D eigenvalue weighted by Gasteiger charge is -2.34. The Balaban J connectivity index is 1.92. The minimum atomic E-state index is 0.549. The van der Waals surface area contributed by atoms with Gasteiger partial charge in [-0.15, -0.1) is 0 Å². The van der Waals surface area contributed by atoms with Crippen molar-refractivity contribution in [2.24, 2.45) is 11.1 Å². The van der Waals surface area contributed by atoms with Gasteiger partial charge in [0.05, 0.1) is 0 Å². The Kier molecular flexibility index (Phi) is 2.40. The van der Waals surface area contributed by atoms with Crippen molar-refractivity contribution in [3.8, 4) is 0 Å². The van der Waals surface area contributed by atoms with Crippen LogP contribution < -0.4 is 0 Å². The summed E-state index contributed by atoms with van der Waals surface area (Å²) in [7, 11) is 2.13. The minimum Gasteiger partial charge on any atom is -0.409 e. The lowest BCUT2D eigenvalue weighted by molar-refractivity contribution is 0.203. The molecule has 13 heavy (non-hydrogen) atoms. The summed E-state index contributed by atoms with van der Waals surface area (Å²) >= 11 is 0. The standard InChI is InChI=1S/C9H17N3O/c1-11-4-6-12(7-5-11)9(10-13)8-2-3-8/h8,13H,2-7H2,1H3. The maximum Gasteiger partial charge on any atom is 0.147 e. The second-order valence-corrected chi connectivity index (χ2v) is 4.02. The van der Waals surface area contributed by atoms with Crippen molar-refractivity contribution in [1.29, 1.82) is 0 Å². The highest BCUT2D eigenvalue weighted by atomic mass is 16.4. The van der Waals surface area contributed by atoms with E-state index in [0.717, 1.165) is 32.0 Å². The average Bonchev–Trinajstić information content (AvgIpc) is 2.93. The van der Waals surface area contributed by atoms with Gasteiger partial charge in [-0.3, -0.25) is 0 Å². The first-order valence-corrected chi connectivity index (χ1v) is 4.96. The number of hydrogen-bond acceptors (Lipinski definition) is 3. The summed E-state index contributed by atoms with van der Waals surface area (Å²) in [5, 5.41) is 12.3. The third kappa shape index (κ3) is 1.94. The van der Waals surface area contributed by atoms with Crippen molar-refractivity contribution in [3.05, 3.63) is 0 Å². The van der Waals surface area contributed by atoms with E-state index >= 15 is 0 Å². The number of piperazine rings is 1. The summed E-state index contributed by atoms with van der Waals surface area (Å²) in [5.41, 5.74) is 0. The van der Waals surface area contributed by atoms with Gasteiger partial charge in [0.15, 0.2) is 0 Å². The molecule has 1 heterocycles. The second-order valence-electron chi connectivity index (χ2n) is 4.02. The molecule has 0 unspecified atom stereocenters. The van der Waals surface area contributed by atoms with Crippen LogP contribution in [0.4, 0.5) is 0 Å². The fourth-order valence-electron chi connectivity index (χ4n) is 1.78. The molecular formula is C9H17N3O. The number of nitrogens with zero attached hydrogens (tertiary/aromatic N) is 3. The smallest absolute Gasteiger partial charge is 0.147 e. The van der Waals surface area contributed by atoms with Crippen LogP contribution in [0, 0.1) is 5.92 Å². The maximum absolute atomic E-state index is 8.89. The molecule has 0 aromatic carbocycles. The maximum atomic E-state index is 8.89. The van der Waals surface area contributed by atoms with E-state index in [9.17, 15) is 0 Å². The highest BCUT2D eigenvalue weighted by Crippen LogP contribution is 2.32. The molecule has 2 rings (SSSR count). The van der Waals surface area contributed by atoms with Gasteiger partial charge in [-0.25, -0.2) is 0 Å². The fraction of sp³-hybridized carbons (Fsp3) is 0.889. The molecule has 74 valence electrons. The largest absolute Gasteiger partial charge is 0.409 e. The molecule has 1 saturated carbocycles. The van der Waals surface area contributed by atoms with Gasteiger partial charge < -0.3 is 15.0 Å².